The molecule has 5 heteroatoms. The molecule has 0 saturated heterocycles. The molecule has 0 unspecified atom stereocenters. The van der Waals surface area contributed by atoms with Gasteiger partial charge < -0.3 is 10.4 Å². The number of aromatic carboxylic acids is 1. The molecule has 0 radical (unpaired) electrons. The van der Waals surface area contributed by atoms with Crippen molar-refractivity contribution in [2.24, 2.45) is 0 Å². The Hall–Kier alpha value is -2.04. The minimum absolute atomic E-state index is 0.198. The second kappa shape index (κ2) is 4.45. The molecule has 0 aliphatic heterocycles. The molecule has 5 nitrogen and oxygen atoms in total. The summed E-state index contributed by atoms with van der Waals surface area (Å²) in [7, 11) is 3.14. The Balaban J connectivity index is 2.89. The van der Waals surface area contributed by atoms with Crippen LogP contribution in [0.4, 0.5) is 10.5 Å². The number of carbonyl (C=O) groups is 2. The van der Waals surface area contributed by atoms with Gasteiger partial charge in [0, 0.05) is 19.8 Å². The molecule has 0 aliphatic carbocycles. The van der Waals surface area contributed by atoms with Crippen LogP contribution in [0.25, 0.3) is 0 Å². The molecule has 2 N–H and O–H groups in total. The maximum atomic E-state index is 11.2. The van der Waals surface area contributed by atoms with Crippen LogP contribution in [0.1, 0.15) is 10.4 Å². The minimum Gasteiger partial charge on any atom is -0.478 e. The van der Waals surface area contributed by atoms with Gasteiger partial charge in [0.15, 0.2) is 0 Å². The molecule has 1 aromatic carbocycles. The lowest BCUT2D eigenvalue weighted by Crippen LogP contribution is -2.34. The van der Waals surface area contributed by atoms with Crippen LogP contribution in [0.2, 0.25) is 0 Å². The molecule has 0 spiro atoms. The quantitative estimate of drug-likeness (QED) is 0.766. The fraction of sp³-hybridized carbons (Fsp3) is 0.200. The number of carboxylic acid groups (broad SMARTS) is 1. The first-order valence-corrected chi connectivity index (χ1v) is 4.35. The Morgan fingerprint density at radius 3 is 2.20 bits per heavy atom. The van der Waals surface area contributed by atoms with Crippen LogP contribution in [0.15, 0.2) is 24.3 Å². The lowest BCUT2D eigenvalue weighted by atomic mass is 10.2. The summed E-state index contributed by atoms with van der Waals surface area (Å²) >= 11 is 0. The summed E-state index contributed by atoms with van der Waals surface area (Å²) in [6.45, 7) is 0. The normalized spacial score (nSPS) is 9.47. The van der Waals surface area contributed by atoms with E-state index in [2.05, 4.69) is 5.32 Å². The zero-order valence-corrected chi connectivity index (χ0v) is 8.52. The van der Waals surface area contributed by atoms with Crippen molar-refractivity contribution >= 4 is 17.7 Å². The predicted molar refractivity (Wildman–Crippen MR) is 56.3 cm³/mol. The Morgan fingerprint density at radius 2 is 1.80 bits per heavy atom. The highest BCUT2D eigenvalue weighted by Crippen LogP contribution is 2.13. The fourth-order valence-electron chi connectivity index (χ4n) is 1.11. The van der Waals surface area contributed by atoms with E-state index in [9.17, 15) is 9.59 Å². The zero-order chi connectivity index (χ0) is 11.4. The summed E-state index contributed by atoms with van der Waals surface area (Å²) in [6, 6.07) is 5.82. The molecule has 0 bridgehead atoms. The smallest absolute Gasteiger partial charge is 0.335 e. The highest BCUT2D eigenvalue weighted by molar-refractivity contribution is 5.92. The largest absolute Gasteiger partial charge is 0.478 e. The van der Waals surface area contributed by atoms with Crippen molar-refractivity contribution in [1.29, 1.82) is 0 Å². The number of carbonyl (C=O) groups excluding carboxylic acids is 1. The van der Waals surface area contributed by atoms with Crippen molar-refractivity contribution < 1.29 is 14.7 Å². The van der Waals surface area contributed by atoms with Gasteiger partial charge >= 0.3 is 12.0 Å². The standard InChI is InChI=1S/C10H12N2O3/c1-11-10(15)12(2)8-5-3-7(4-6-8)9(13)14/h3-6H,1-2H3,(H,11,15)(H,13,14). The number of hydrogen-bond acceptors (Lipinski definition) is 2. The number of benzene rings is 1. The summed E-state index contributed by atoms with van der Waals surface area (Å²) in [6.07, 6.45) is 0. The number of urea groups is 1. The van der Waals surface area contributed by atoms with E-state index in [1.807, 2.05) is 0 Å². The van der Waals surface area contributed by atoms with Gasteiger partial charge in [-0.2, -0.15) is 0 Å². The third-order valence-corrected chi connectivity index (χ3v) is 2.02. The van der Waals surface area contributed by atoms with Crippen molar-refractivity contribution in [3.63, 3.8) is 0 Å². The van der Waals surface area contributed by atoms with Crippen LogP contribution < -0.4 is 10.2 Å². The first-order valence-electron chi connectivity index (χ1n) is 4.35. The van der Waals surface area contributed by atoms with E-state index in [0.717, 1.165) is 0 Å². The number of carboxylic acids is 1. The average molecular weight is 208 g/mol. The van der Waals surface area contributed by atoms with Crippen molar-refractivity contribution in [3.8, 4) is 0 Å². The Kier molecular flexibility index (Phi) is 3.28. The molecule has 1 rings (SSSR count). The van der Waals surface area contributed by atoms with Gasteiger partial charge in [-0.3, -0.25) is 4.90 Å². The molecule has 2 amide bonds. The SMILES string of the molecule is CNC(=O)N(C)c1ccc(C(=O)O)cc1. The van der Waals surface area contributed by atoms with Crippen LogP contribution >= 0.6 is 0 Å². The number of hydrogen-bond donors (Lipinski definition) is 2. The molecule has 0 aliphatic rings. The van der Waals surface area contributed by atoms with Crippen LogP contribution in [-0.4, -0.2) is 31.2 Å². The van der Waals surface area contributed by atoms with E-state index in [-0.39, 0.29) is 11.6 Å². The van der Waals surface area contributed by atoms with Gasteiger partial charge in [0.1, 0.15) is 0 Å². The zero-order valence-electron chi connectivity index (χ0n) is 8.52. The molecule has 0 heterocycles. The van der Waals surface area contributed by atoms with Crippen LogP contribution in [0.3, 0.4) is 0 Å². The van der Waals surface area contributed by atoms with Gasteiger partial charge in [-0.25, -0.2) is 9.59 Å². The van der Waals surface area contributed by atoms with Gasteiger partial charge in [0.05, 0.1) is 5.56 Å². The van der Waals surface area contributed by atoms with E-state index in [0.29, 0.717) is 5.69 Å². The van der Waals surface area contributed by atoms with Crippen LogP contribution in [-0.2, 0) is 0 Å². The molecule has 1 aromatic rings. The highest BCUT2D eigenvalue weighted by Gasteiger charge is 2.09. The molecular weight excluding hydrogens is 196 g/mol. The van der Waals surface area contributed by atoms with Gasteiger partial charge in [-0.15, -0.1) is 0 Å². The van der Waals surface area contributed by atoms with Crippen molar-refractivity contribution in [3.05, 3.63) is 29.8 Å². The molecule has 0 atom stereocenters. The van der Waals surface area contributed by atoms with Crippen molar-refractivity contribution in [2.45, 2.75) is 0 Å². The Bertz CT molecular complexity index is 373. The third-order valence-electron chi connectivity index (χ3n) is 2.02. The monoisotopic (exact) mass is 208 g/mol. The summed E-state index contributed by atoms with van der Waals surface area (Å²) in [5, 5.41) is 11.1. The minimum atomic E-state index is -0.982. The number of amides is 2. The lowest BCUT2D eigenvalue weighted by molar-refractivity contribution is 0.0697. The number of rotatable bonds is 2. The molecular formula is C10H12N2O3. The van der Waals surface area contributed by atoms with Gasteiger partial charge in [0.2, 0.25) is 0 Å². The second-order valence-corrected chi connectivity index (χ2v) is 2.97. The summed E-state index contributed by atoms with van der Waals surface area (Å²) in [5.41, 5.74) is 0.836. The summed E-state index contributed by atoms with van der Waals surface area (Å²) in [5.74, 6) is -0.982. The molecule has 15 heavy (non-hydrogen) atoms. The van der Waals surface area contributed by atoms with Crippen molar-refractivity contribution in [2.75, 3.05) is 19.0 Å². The first kappa shape index (κ1) is 11.0. The third kappa shape index (κ3) is 2.46. The van der Waals surface area contributed by atoms with E-state index < -0.39 is 5.97 Å². The lowest BCUT2D eigenvalue weighted by Gasteiger charge is -2.16. The molecule has 0 aromatic heterocycles. The maximum absolute atomic E-state index is 11.2. The van der Waals surface area contributed by atoms with E-state index >= 15 is 0 Å². The van der Waals surface area contributed by atoms with Gasteiger partial charge in [0.25, 0.3) is 0 Å². The molecule has 0 fully saturated rings. The topological polar surface area (TPSA) is 69.6 Å². The van der Waals surface area contributed by atoms with Gasteiger partial charge in [-0.05, 0) is 24.3 Å². The summed E-state index contributed by atoms with van der Waals surface area (Å²) in [4.78, 5) is 23.2. The van der Waals surface area contributed by atoms with Crippen LogP contribution in [0, 0.1) is 0 Å². The van der Waals surface area contributed by atoms with E-state index in [1.54, 1.807) is 19.2 Å². The van der Waals surface area contributed by atoms with Crippen molar-refractivity contribution in [1.82, 2.24) is 5.32 Å². The van der Waals surface area contributed by atoms with E-state index in [4.69, 9.17) is 5.11 Å². The fourth-order valence-corrected chi connectivity index (χ4v) is 1.11. The number of nitrogens with one attached hydrogen (secondary N) is 1. The predicted octanol–water partition coefficient (Wildman–Crippen LogP) is 1.16. The number of nitrogens with zero attached hydrogens (tertiary/aromatic N) is 1. The molecule has 80 valence electrons. The average Bonchev–Trinajstić information content (AvgIpc) is 2.27. The van der Waals surface area contributed by atoms with E-state index in [1.165, 1.54) is 24.1 Å². The van der Waals surface area contributed by atoms with Gasteiger partial charge in [-0.1, -0.05) is 0 Å². The maximum Gasteiger partial charge on any atom is 0.335 e. The Morgan fingerprint density at radius 1 is 1.27 bits per heavy atom. The summed E-state index contributed by atoms with van der Waals surface area (Å²) < 4.78 is 0. The van der Waals surface area contributed by atoms with Crippen LogP contribution in [0.5, 0.6) is 0 Å². The second-order valence-electron chi connectivity index (χ2n) is 2.97. The first-order chi connectivity index (χ1) is 7.06. The number of anilines is 1. The Labute approximate surface area is 87.3 Å². The highest BCUT2D eigenvalue weighted by atomic mass is 16.4. The molecule has 0 saturated carbocycles.